The fraction of sp³-hybridized carbons (Fsp3) is 0.357. The van der Waals surface area contributed by atoms with Gasteiger partial charge in [-0.1, -0.05) is 25.4 Å². The van der Waals surface area contributed by atoms with Crippen molar-refractivity contribution < 1.29 is 0 Å². The van der Waals surface area contributed by atoms with Crippen LogP contribution in [0.1, 0.15) is 31.0 Å². The van der Waals surface area contributed by atoms with Gasteiger partial charge in [-0.15, -0.1) is 0 Å². The molecule has 3 aromatic heterocycles. The van der Waals surface area contributed by atoms with Crippen LogP contribution in [-0.2, 0) is 13.6 Å². The number of halogens is 1. The number of rotatable bonds is 4. The number of fused-ring (bicyclic) bond motifs is 1. The first kappa shape index (κ1) is 13.9. The molecule has 1 N–H and O–H groups in total. The summed E-state index contributed by atoms with van der Waals surface area (Å²) in [4.78, 5) is 4.39. The molecule has 3 heterocycles. The lowest BCUT2D eigenvalue weighted by Gasteiger charge is -2.10. The molecule has 110 valence electrons. The maximum atomic E-state index is 6.14. The molecule has 0 radical (unpaired) electrons. The van der Waals surface area contributed by atoms with Gasteiger partial charge in [-0.25, -0.2) is 4.98 Å². The van der Waals surface area contributed by atoms with Crippen LogP contribution in [0.2, 0.25) is 5.15 Å². The van der Waals surface area contributed by atoms with E-state index in [-0.39, 0.29) is 0 Å². The summed E-state index contributed by atoms with van der Waals surface area (Å²) >= 11 is 6.14. The van der Waals surface area contributed by atoms with Gasteiger partial charge in [-0.2, -0.15) is 14.7 Å². The molecule has 0 fully saturated rings. The molecule has 0 unspecified atom stereocenters. The summed E-state index contributed by atoms with van der Waals surface area (Å²) in [7, 11) is 1.91. The van der Waals surface area contributed by atoms with Crippen LogP contribution in [0.15, 0.2) is 24.5 Å². The van der Waals surface area contributed by atoms with Crippen LogP contribution < -0.4 is 5.32 Å². The topological polar surface area (TPSA) is 60.0 Å². The Bertz CT molecular complexity index is 773. The minimum Gasteiger partial charge on any atom is -0.364 e. The van der Waals surface area contributed by atoms with Crippen LogP contribution in [0, 0.1) is 0 Å². The zero-order valence-corrected chi connectivity index (χ0v) is 13.0. The lowest BCUT2D eigenvalue weighted by molar-refractivity contribution is 0.718. The van der Waals surface area contributed by atoms with Gasteiger partial charge in [-0.05, 0) is 12.0 Å². The van der Waals surface area contributed by atoms with E-state index in [9.17, 15) is 0 Å². The van der Waals surface area contributed by atoms with E-state index in [1.165, 1.54) is 0 Å². The van der Waals surface area contributed by atoms with Crippen molar-refractivity contribution in [2.24, 2.45) is 7.05 Å². The summed E-state index contributed by atoms with van der Waals surface area (Å²) in [6.45, 7) is 4.87. The Hall–Kier alpha value is -2.08. The number of nitrogens with one attached hydrogen (secondary N) is 1. The molecule has 21 heavy (non-hydrogen) atoms. The van der Waals surface area contributed by atoms with E-state index >= 15 is 0 Å². The van der Waals surface area contributed by atoms with Crippen molar-refractivity contribution in [2.45, 2.75) is 26.3 Å². The molecular weight excluding hydrogens is 288 g/mol. The third-order valence-electron chi connectivity index (χ3n) is 3.46. The highest BCUT2D eigenvalue weighted by Crippen LogP contribution is 2.24. The van der Waals surface area contributed by atoms with Gasteiger partial charge in [0.25, 0.3) is 0 Å². The maximum Gasteiger partial charge on any atom is 0.162 e. The van der Waals surface area contributed by atoms with Crippen LogP contribution in [-0.4, -0.2) is 24.4 Å². The van der Waals surface area contributed by atoms with Crippen LogP contribution in [0.25, 0.3) is 5.65 Å². The molecular formula is C14H17ClN6. The third-order valence-corrected chi connectivity index (χ3v) is 3.66. The van der Waals surface area contributed by atoms with Crippen molar-refractivity contribution in [1.29, 1.82) is 0 Å². The summed E-state index contributed by atoms with van der Waals surface area (Å²) in [6.07, 6.45) is 3.62. The van der Waals surface area contributed by atoms with Crippen molar-refractivity contribution >= 4 is 23.1 Å². The highest BCUT2D eigenvalue weighted by molar-refractivity contribution is 6.29. The van der Waals surface area contributed by atoms with Gasteiger partial charge in [0.15, 0.2) is 5.65 Å². The predicted octanol–water partition coefficient (Wildman–Crippen LogP) is 2.85. The first-order valence-corrected chi connectivity index (χ1v) is 7.19. The van der Waals surface area contributed by atoms with Crippen LogP contribution in [0.4, 0.5) is 5.82 Å². The summed E-state index contributed by atoms with van der Waals surface area (Å²) in [6, 6.07) is 3.75. The smallest absolute Gasteiger partial charge is 0.162 e. The Morgan fingerprint density at radius 1 is 1.33 bits per heavy atom. The standard InChI is InChI=1S/C14H17ClN6/c1-9(2)11-8-18-21-13(6-12(15)19-14(11)21)16-7-10-4-5-17-20(10)3/h4-6,8-9,16H,7H2,1-3H3. The normalized spacial score (nSPS) is 11.5. The maximum absolute atomic E-state index is 6.14. The molecule has 0 saturated carbocycles. The van der Waals surface area contributed by atoms with Crippen LogP contribution >= 0.6 is 11.6 Å². The second kappa shape index (κ2) is 5.37. The van der Waals surface area contributed by atoms with E-state index in [1.807, 2.05) is 24.0 Å². The lowest BCUT2D eigenvalue weighted by atomic mass is 10.1. The van der Waals surface area contributed by atoms with E-state index in [1.54, 1.807) is 16.8 Å². The minimum atomic E-state index is 0.346. The van der Waals surface area contributed by atoms with Gasteiger partial charge in [-0.3, -0.25) is 4.68 Å². The average Bonchev–Trinajstić information content (AvgIpc) is 3.02. The quantitative estimate of drug-likeness (QED) is 0.753. The van der Waals surface area contributed by atoms with Gasteiger partial charge in [0.2, 0.25) is 0 Å². The monoisotopic (exact) mass is 304 g/mol. The van der Waals surface area contributed by atoms with Crippen molar-refractivity contribution in [3.05, 3.63) is 40.9 Å². The Labute approximate surface area is 127 Å². The second-order valence-corrected chi connectivity index (χ2v) is 5.64. The van der Waals surface area contributed by atoms with Crippen LogP contribution in [0.5, 0.6) is 0 Å². The Morgan fingerprint density at radius 2 is 2.14 bits per heavy atom. The number of hydrogen-bond donors (Lipinski definition) is 1. The van der Waals surface area contributed by atoms with Crippen molar-refractivity contribution in [2.75, 3.05) is 5.32 Å². The molecule has 0 aromatic carbocycles. The summed E-state index contributed by atoms with van der Waals surface area (Å²) in [5.41, 5.74) is 2.96. The fourth-order valence-electron chi connectivity index (χ4n) is 2.24. The van der Waals surface area contributed by atoms with E-state index in [0.29, 0.717) is 17.6 Å². The zero-order valence-electron chi connectivity index (χ0n) is 12.2. The number of aromatic nitrogens is 5. The first-order chi connectivity index (χ1) is 10.1. The highest BCUT2D eigenvalue weighted by Gasteiger charge is 2.13. The summed E-state index contributed by atoms with van der Waals surface area (Å²) in [5.74, 6) is 1.16. The Morgan fingerprint density at radius 3 is 2.81 bits per heavy atom. The summed E-state index contributed by atoms with van der Waals surface area (Å²) < 4.78 is 3.62. The third kappa shape index (κ3) is 2.58. The molecule has 0 aliphatic heterocycles. The van der Waals surface area contributed by atoms with Gasteiger partial charge in [0.1, 0.15) is 11.0 Å². The van der Waals surface area contributed by atoms with E-state index in [0.717, 1.165) is 22.7 Å². The first-order valence-electron chi connectivity index (χ1n) is 6.81. The van der Waals surface area contributed by atoms with Crippen molar-refractivity contribution in [3.8, 4) is 0 Å². The van der Waals surface area contributed by atoms with Gasteiger partial charge < -0.3 is 5.32 Å². The van der Waals surface area contributed by atoms with Crippen LogP contribution in [0.3, 0.4) is 0 Å². The largest absolute Gasteiger partial charge is 0.364 e. The minimum absolute atomic E-state index is 0.346. The highest BCUT2D eigenvalue weighted by atomic mass is 35.5. The van der Waals surface area contributed by atoms with Gasteiger partial charge in [0.05, 0.1) is 18.4 Å². The molecule has 0 bridgehead atoms. The number of aryl methyl sites for hydroxylation is 1. The Balaban J connectivity index is 1.96. The predicted molar refractivity (Wildman–Crippen MR) is 82.6 cm³/mol. The second-order valence-electron chi connectivity index (χ2n) is 5.25. The van der Waals surface area contributed by atoms with E-state index < -0.39 is 0 Å². The van der Waals surface area contributed by atoms with Gasteiger partial charge >= 0.3 is 0 Å². The molecule has 3 aromatic rings. The average molecular weight is 305 g/mol. The number of hydrogen-bond acceptors (Lipinski definition) is 4. The summed E-state index contributed by atoms with van der Waals surface area (Å²) in [5, 5.41) is 12.4. The van der Waals surface area contributed by atoms with Crippen molar-refractivity contribution in [3.63, 3.8) is 0 Å². The van der Waals surface area contributed by atoms with E-state index in [4.69, 9.17) is 11.6 Å². The Kier molecular flexibility index (Phi) is 3.55. The molecule has 7 heteroatoms. The molecule has 0 amide bonds. The molecule has 3 rings (SSSR count). The molecule has 6 nitrogen and oxygen atoms in total. The molecule has 0 aliphatic rings. The van der Waals surface area contributed by atoms with E-state index in [2.05, 4.69) is 34.3 Å². The SMILES string of the molecule is CC(C)c1cnn2c(NCc3ccnn3C)cc(Cl)nc12. The van der Waals surface area contributed by atoms with Gasteiger partial charge in [0, 0.05) is 24.9 Å². The molecule has 0 saturated heterocycles. The molecule has 0 aliphatic carbocycles. The molecule has 0 atom stereocenters. The number of anilines is 1. The lowest BCUT2D eigenvalue weighted by Crippen LogP contribution is -2.09. The zero-order chi connectivity index (χ0) is 15.0. The fourth-order valence-corrected chi connectivity index (χ4v) is 2.42. The van der Waals surface area contributed by atoms with Crippen molar-refractivity contribution in [1.82, 2.24) is 24.4 Å². The molecule has 0 spiro atoms. The number of nitrogens with zero attached hydrogens (tertiary/aromatic N) is 5.